The first-order valence-electron chi connectivity index (χ1n) is 17.1. The number of nitrogens with two attached hydrogens (primary N) is 1. The number of nitrogens with zero attached hydrogens (tertiary/aromatic N) is 1. The van der Waals surface area contributed by atoms with Gasteiger partial charge in [0, 0.05) is 52.4 Å². The molecule has 8 nitrogen and oxygen atoms in total. The molecule has 2 atom stereocenters. The standard InChI is InChI=1S/C32H66N6O2/c1-3-5-7-9-11-13-15-17-19-29(33)31(39)37-30(20-18-16-14-12-10-8-6-4-2)32(40)38-27-25-35-23-21-34-22-24-36-26-28-38/h29-30,34-36H,3-28,33H2,1-2H3,(H,37,39)/t29-,30-/m0/s1. The number of hydrogen-bond acceptors (Lipinski definition) is 6. The average molecular weight is 567 g/mol. The zero-order valence-electron chi connectivity index (χ0n) is 26.4. The van der Waals surface area contributed by atoms with E-state index in [2.05, 4.69) is 35.1 Å². The molecule has 1 aliphatic rings. The molecule has 0 aromatic heterocycles. The van der Waals surface area contributed by atoms with Crippen molar-refractivity contribution in [2.45, 2.75) is 142 Å². The van der Waals surface area contributed by atoms with Crippen LogP contribution in [0.2, 0.25) is 0 Å². The van der Waals surface area contributed by atoms with E-state index in [9.17, 15) is 9.59 Å². The highest BCUT2D eigenvalue weighted by atomic mass is 16.2. The van der Waals surface area contributed by atoms with Crippen molar-refractivity contribution in [2.75, 3.05) is 52.4 Å². The van der Waals surface area contributed by atoms with E-state index in [0.29, 0.717) is 25.9 Å². The van der Waals surface area contributed by atoms with Crippen LogP contribution in [-0.4, -0.2) is 81.2 Å². The molecule has 236 valence electrons. The second-order valence-electron chi connectivity index (χ2n) is 11.8. The zero-order chi connectivity index (χ0) is 29.1. The molecule has 0 bridgehead atoms. The van der Waals surface area contributed by atoms with Crippen molar-refractivity contribution in [3.05, 3.63) is 0 Å². The fourth-order valence-corrected chi connectivity index (χ4v) is 5.36. The van der Waals surface area contributed by atoms with Crippen molar-refractivity contribution >= 4 is 11.8 Å². The fraction of sp³-hybridized carbons (Fsp3) is 0.938. The van der Waals surface area contributed by atoms with Crippen LogP contribution in [0.25, 0.3) is 0 Å². The molecule has 40 heavy (non-hydrogen) atoms. The summed E-state index contributed by atoms with van der Waals surface area (Å²) in [6.45, 7) is 10.9. The molecule has 1 saturated heterocycles. The van der Waals surface area contributed by atoms with E-state index >= 15 is 0 Å². The molecule has 1 aliphatic heterocycles. The Morgan fingerprint density at radius 3 is 1.50 bits per heavy atom. The highest BCUT2D eigenvalue weighted by molar-refractivity contribution is 5.89. The summed E-state index contributed by atoms with van der Waals surface area (Å²) in [6, 6.07) is -1.04. The number of nitrogens with one attached hydrogen (secondary N) is 4. The predicted octanol–water partition coefficient (Wildman–Crippen LogP) is 4.47. The summed E-state index contributed by atoms with van der Waals surface area (Å²) in [6.07, 6.45) is 20.9. The van der Waals surface area contributed by atoms with Crippen LogP contribution < -0.4 is 27.0 Å². The van der Waals surface area contributed by atoms with Gasteiger partial charge in [-0.1, -0.05) is 117 Å². The Kier molecular flexibility index (Phi) is 24.5. The molecule has 1 rings (SSSR count). The lowest BCUT2D eigenvalue weighted by atomic mass is 10.0. The van der Waals surface area contributed by atoms with E-state index in [0.717, 1.165) is 65.0 Å². The third kappa shape index (κ3) is 19.8. The first-order chi connectivity index (χ1) is 19.6. The molecule has 0 aliphatic carbocycles. The third-order valence-corrected chi connectivity index (χ3v) is 8.05. The van der Waals surface area contributed by atoms with Crippen LogP contribution in [0, 0.1) is 0 Å². The number of rotatable bonds is 21. The SMILES string of the molecule is CCCCCCCCCC[C@H](NC(=O)[C@@H](N)CCCCCCCCCC)C(=O)N1CCNCCNCCNCC1. The van der Waals surface area contributed by atoms with Gasteiger partial charge in [0.2, 0.25) is 11.8 Å². The lowest BCUT2D eigenvalue weighted by molar-refractivity contribution is -0.137. The number of carbonyl (C=O) groups excluding carboxylic acids is 2. The van der Waals surface area contributed by atoms with Gasteiger partial charge in [0.1, 0.15) is 6.04 Å². The second kappa shape index (κ2) is 26.7. The van der Waals surface area contributed by atoms with E-state index in [-0.39, 0.29) is 11.8 Å². The second-order valence-corrected chi connectivity index (χ2v) is 11.8. The summed E-state index contributed by atoms with van der Waals surface area (Å²) >= 11 is 0. The summed E-state index contributed by atoms with van der Waals surface area (Å²) in [5.74, 6) is -0.133. The van der Waals surface area contributed by atoms with Gasteiger partial charge in [0.05, 0.1) is 6.04 Å². The van der Waals surface area contributed by atoms with E-state index in [1.165, 1.54) is 77.0 Å². The number of unbranched alkanes of at least 4 members (excludes halogenated alkanes) is 14. The smallest absolute Gasteiger partial charge is 0.245 e. The fourth-order valence-electron chi connectivity index (χ4n) is 5.36. The molecular formula is C32H66N6O2. The highest BCUT2D eigenvalue weighted by Gasteiger charge is 2.27. The van der Waals surface area contributed by atoms with Gasteiger partial charge < -0.3 is 31.9 Å². The molecule has 0 saturated carbocycles. The predicted molar refractivity (Wildman–Crippen MR) is 170 cm³/mol. The van der Waals surface area contributed by atoms with Crippen LogP contribution in [0.3, 0.4) is 0 Å². The van der Waals surface area contributed by atoms with Crippen LogP contribution >= 0.6 is 0 Å². The average Bonchev–Trinajstić information content (AvgIpc) is 2.95. The number of hydrogen-bond donors (Lipinski definition) is 5. The minimum Gasteiger partial charge on any atom is -0.343 e. The minimum absolute atomic E-state index is 0.0364. The summed E-state index contributed by atoms with van der Waals surface area (Å²) in [4.78, 5) is 28.7. The van der Waals surface area contributed by atoms with Gasteiger partial charge in [-0.15, -0.1) is 0 Å². The Hall–Kier alpha value is -1.22. The Morgan fingerprint density at radius 1 is 0.625 bits per heavy atom. The topological polar surface area (TPSA) is 112 Å². The molecule has 0 aromatic carbocycles. The van der Waals surface area contributed by atoms with Gasteiger partial charge >= 0.3 is 0 Å². The maximum absolute atomic E-state index is 13.7. The largest absolute Gasteiger partial charge is 0.343 e. The monoisotopic (exact) mass is 567 g/mol. The first kappa shape index (κ1) is 36.8. The lowest BCUT2D eigenvalue weighted by Crippen LogP contribution is -2.54. The zero-order valence-corrected chi connectivity index (χ0v) is 26.4. The Balaban J connectivity index is 2.60. The Labute approximate surface area is 247 Å². The van der Waals surface area contributed by atoms with Gasteiger partial charge in [-0.2, -0.15) is 0 Å². The van der Waals surface area contributed by atoms with Crippen molar-refractivity contribution in [2.24, 2.45) is 5.73 Å². The van der Waals surface area contributed by atoms with Crippen LogP contribution in [0.1, 0.15) is 129 Å². The van der Waals surface area contributed by atoms with Gasteiger partial charge in [-0.3, -0.25) is 9.59 Å². The number of amides is 2. The maximum atomic E-state index is 13.7. The number of carbonyl (C=O) groups is 2. The van der Waals surface area contributed by atoms with Crippen LogP contribution in [-0.2, 0) is 9.59 Å². The van der Waals surface area contributed by atoms with Crippen molar-refractivity contribution in [3.63, 3.8) is 0 Å². The van der Waals surface area contributed by atoms with Crippen molar-refractivity contribution in [3.8, 4) is 0 Å². The van der Waals surface area contributed by atoms with Crippen molar-refractivity contribution in [1.82, 2.24) is 26.2 Å². The minimum atomic E-state index is -0.545. The van der Waals surface area contributed by atoms with E-state index in [1.54, 1.807) is 0 Å². The van der Waals surface area contributed by atoms with E-state index < -0.39 is 12.1 Å². The van der Waals surface area contributed by atoms with E-state index in [1.807, 2.05) is 4.90 Å². The molecule has 0 aromatic rings. The van der Waals surface area contributed by atoms with Crippen LogP contribution in [0.15, 0.2) is 0 Å². The third-order valence-electron chi connectivity index (χ3n) is 8.05. The van der Waals surface area contributed by atoms with Gasteiger partial charge in [0.25, 0.3) is 0 Å². The van der Waals surface area contributed by atoms with Crippen LogP contribution in [0.5, 0.6) is 0 Å². The van der Waals surface area contributed by atoms with Gasteiger partial charge in [-0.25, -0.2) is 0 Å². The maximum Gasteiger partial charge on any atom is 0.245 e. The van der Waals surface area contributed by atoms with E-state index in [4.69, 9.17) is 5.73 Å². The highest BCUT2D eigenvalue weighted by Crippen LogP contribution is 2.13. The van der Waals surface area contributed by atoms with Gasteiger partial charge in [0.15, 0.2) is 0 Å². The molecule has 0 radical (unpaired) electrons. The quantitative estimate of drug-likeness (QED) is 0.131. The molecule has 1 heterocycles. The lowest BCUT2D eigenvalue weighted by Gasteiger charge is -2.29. The van der Waals surface area contributed by atoms with Crippen LogP contribution in [0.4, 0.5) is 0 Å². The summed E-state index contributed by atoms with van der Waals surface area (Å²) < 4.78 is 0. The molecule has 0 unspecified atom stereocenters. The van der Waals surface area contributed by atoms with Crippen molar-refractivity contribution < 1.29 is 9.59 Å². The Morgan fingerprint density at radius 2 is 1.02 bits per heavy atom. The molecular weight excluding hydrogens is 500 g/mol. The first-order valence-corrected chi connectivity index (χ1v) is 17.1. The summed E-state index contributed by atoms with van der Waals surface area (Å²) in [7, 11) is 0. The molecule has 8 heteroatoms. The molecule has 6 N–H and O–H groups in total. The van der Waals surface area contributed by atoms with Gasteiger partial charge in [-0.05, 0) is 12.8 Å². The normalized spacial score (nSPS) is 17.0. The Bertz CT molecular complexity index is 594. The molecule has 0 spiro atoms. The summed E-state index contributed by atoms with van der Waals surface area (Å²) in [5.41, 5.74) is 6.31. The van der Waals surface area contributed by atoms with Crippen molar-refractivity contribution in [1.29, 1.82) is 0 Å². The molecule has 2 amide bonds. The summed E-state index contributed by atoms with van der Waals surface area (Å²) in [5, 5.41) is 13.4. The molecule has 1 fully saturated rings.